The second-order valence-corrected chi connectivity index (χ2v) is 23.3. The van der Waals surface area contributed by atoms with Gasteiger partial charge in [-0.2, -0.15) is 26.3 Å². The third-order valence-electron chi connectivity index (χ3n) is 16.3. The van der Waals surface area contributed by atoms with E-state index in [0.717, 1.165) is 29.8 Å². The lowest BCUT2D eigenvalue weighted by Gasteiger charge is -2.31. The number of carbonyl (C=O) groups excluding carboxylic acids is 8. The van der Waals surface area contributed by atoms with Crippen LogP contribution in [-0.2, 0) is 80.9 Å². The SMILES string of the molecule is CCNC(=O)C(COC(=O)Cc1ccc(NC(=O)c2ccccc2-c2ccc(C(F)(F)F)cc2)c(O)c1)(C(=O)NCC)c1ccccc1.CCNC(=O)C(COC(=O)Cc1ccc(NC(=O)c2ccccc2-c2ccc(C(F)(F)F)cc2)c(OCc2ccccc2)c1)(C(=O)NCC)c1ccccc1. The molecule has 24 heteroatoms. The van der Waals surface area contributed by atoms with Gasteiger partial charge in [-0.05, 0) is 138 Å². The number of benzene rings is 9. The molecule has 9 aromatic carbocycles. The number of nitrogens with one attached hydrogen (secondary N) is 6. The molecule has 0 aliphatic rings. The number of ether oxygens (including phenoxy) is 3. The average Bonchev–Trinajstić information content (AvgIpc) is 0.785. The summed E-state index contributed by atoms with van der Waals surface area (Å²) in [6.07, 6.45) is -9.59. The smallest absolute Gasteiger partial charge is 0.416 e. The third-order valence-corrected chi connectivity index (χ3v) is 16.3. The van der Waals surface area contributed by atoms with Gasteiger partial charge in [0.1, 0.15) is 31.3 Å². The van der Waals surface area contributed by atoms with E-state index in [1.54, 1.807) is 149 Å². The van der Waals surface area contributed by atoms with Crippen LogP contribution in [0.2, 0.25) is 0 Å². The lowest BCUT2D eigenvalue weighted by molar-refractivity contribution is -0.152. The van der Waals surface area contributed by atoms with Crippen molar-refractivity contribution in [3.05, 3.63) is 275 Å². The van der Waals surface area contributed by atoms with Crippen molar-refractivity contribution in [2.75, 3.05) is 50.0 Å². The maximum atomic E-state index is 13.7. The third kappa shape index (κ3) is 19.5. The minimum atomic E-state index is -4.50. The number of anilines is 2. The van der Waals surface area contributed by atoms with Gasteiger partial charge in [-0.1, -0.05) is 164 Å². The Labute approximate surface area is 590 Å². The van der Waals surface area contributed by atoms with Gasteiger partial charge in [0, 0.05) is 37.3 Å². The van der Waals surface area contributed by atoms with Crippen LogP contribution in [0.25, 0.3) is 22.3 Å². The number of aromatic hydroxyl groups is 1. The topological polar surface area (TPSA) is 257 Å². The van der Waals surface area contributed by atoms with E-state index in [-0.39, 0.29) is 79.6 Å². The number of likely N-dealkylation sites (N-methyl/N-ethyl adjacent to an activating group) is 4. The maximum Gasteiger partial charge on any atom is 0.416 e. The van der Waals surface area contributed by atoms with E-state index < -0.39 is 94.9 Å². The number of rotatable bonds is 27. The fourth-order valence-electron chi connectivity index (χ4n) is 11.0. The first kappa shape index (κ1) is 76.7. The Balaban J connectivity index is 0.000000264. The van der Waals surface area contributed by atoms with Gasteiger partial charge in [0.2, 0.25) is 23.6 Å². The largest absolute Gasteiger partial charge is 0.506 e. The zero-order valence-electron chi connectivity index (χ0n) is 56.4. The summed E-state index contributed by atoms with van der Waals surface area (Å²) in [5, 5.41) is 26.9. The summed E-state index contributed by atoms with van der Waals surface area (Å²) in [7, 11) is 0. The summed E-state index contributed by atoms with van der Waals surface area (Å²) < 4.78 is 96.0. The molecule has 0 bridgehead atoms. The summed E-state index contributed by atoms with van der Waals surface area (Å²) in [5.74, 6) is -5.27. The Morgan fingerprint density at radius 2 is 0.728 bits per heavy atom. The van der Waals surface area contributed by atoms with Gasteiger partial charge in [-0.25, -0.2) is 0 Å². The molecule has 103 heavy (non-hydrogen) atoms. The van der Waals surface area contributed by atoms with Crippen molar-refractivity contribution in [3.8, 4) is 33.8 Å². The minimum Gasteiger partial charge on any atom is -0.506 e. The van der Waals surface area contributed by atoms with Gasteiger partial charge in [0.05, 0.1) is 35.3 Å². The highest BCUT2D eigenvalue weighted by Crippen LogP contribution is 2.37. The predicted molar refractivity (Wildman–Crippen MR) is 375 cm³/mol. The van der Waals surface area contributed by atoms with Crippen LogP contribution >= 0.6 is 0 Å². The summed E-state index contributed by atoms with van der Waals surface area (Å²) >= 11 is 0. The number of hydrogen-bond acceptors (Lipinski definition) is 12. The molecule has 0 radical (unpaired) electrons. The van der Waals surface area contributed by atoms with Gasteiger partial charge in [0.25, 0.3) is 11.8 Å². The molecule has 6 amide bonds. The summed E-state index contributed by atoms with van der Waals surface area (Å²) in [6.45, 7) is 6.81. The molecular weight excluding hydrogens is 1340 g/mol. The van der Waals surface area contributed by atoms with E-state index in [2.05, 4.69) is 31.9 Å². The Bertz CT molecular complexity index is 4410. The Morgan fingerprint density at radius 3 is 1.11 bits per heavy atom. The van der Waals surface area contributed by atoms with Crippen LogP contribution in [-0.4, -0.2) is 91.9 Å². The van der Waals surface area contributed by atoms with Crippen LogP contribution in [0.1, 0.15) is 87.4 Å². The monoisotopic (exact) mass is 1410 g/mol. The first-order valence-electron chi connectivity index (χ1n) is 32.7. The summed E-state index contributed by atoms with van der Waals surface area (Å²) in [5.41, 5.74) is -0.724. The van der Waals surface area contributed by atoms with E-state index in [4.69, 9.17) is 14.2 Å². The number of esters is 2. The second kappa shape index (κ2) is 35.3. The van der Waals surface area contributed by atoms with Crippen molar-refractivity contribution in [2.45, 2.75) is 70.3 Å². The Kier molecular flexibility index (Phi) is 26.3. The van der Waals surface area contributed by atoms with Gasteiger partial charge in [-0.3, -0.25) is 38.4 Å². The van der Waals surface area contributed by atoms with Crippen LogP contribution < -0.4 is 36.6 Å². The van der Waals surface area contributed by atoms with Crippen LogP contribution in [0.3, 0.4) is 0 Å². The van der Waals surface area contributed by atoms with Crippen molar-refractivity contribution < 1.29 is 84.0 Å². The number of carbonyl (C=O) groups is 8. The molecule has 0 atom stereocenters. The van der Waals surface area contributed by atoms with Crippen molar-refractivity contribution in [1.82, 2.24) is 21.3 Å². The van der Waals surface area contributed by atoms with E-state index in [0.29, 0.717) is 44.5 Å². The number of phenols is 1. The number of halogens is 6. The van der Waals surface area contributed by atoms with Crippen LogP contribution in [0, 0.1) is 0 Å². The minimum absolute atomic E-state index is 0.0231. The molecule has 0 saturated carbocycles. The molecule has 0 aromatic heterocycles. The van der Waals surface area contributed by atoms with Crippen molar-refractivity contribution >= 4 is 58.8 Å². The highest BCUT2D eigenvalue weighted by molar-refractivity contribution is 6.13. The quantitative estimate of drug-likeness (QED) is 0.0110. The zero-order chi connectivity index (χ0) is 74.3. The van der Waals surface area contributed by atoms with Gasteiger partial charge in [-0.15, -0.1) is 0 Å². The van der Waals surface area contributed by atoms with Crippen LogP contribution in [0.5, 0.6) is 11.5 Å². The molecule has 0 aliphatic carbocycles. The first-order valence-corrected chi connectivity index (χ1v) is 32.7. The molecule has 0 aliphatic heterocycles. The highest BCUT2D eigenvalue weighted by Gasteiger charge is 2.50. The van der Waals surface area contributed by atoms with Crippen molar-refractivity contribution in [3.63, 3.8) is 0 Å². The van der Waals surface area contributed by atoms with Crippen molar-refractivity contribution in [2.24, 2.45) is 0 Å². The molecular formula is C79H74F6N6O12. The fraction of sp³-hybridized carbons (Fsp3) is 0.215. The zero-order valence-corrected chi connectivity index (χ0v) is 56.4. The molecule has 0 unspecified atom stereocenters. The highest BCUT2D eigenvalue weighted by atomic mass is 19.4. The normalized spacial score (nSPS) is 11.3. The van der Waals surface area contributed by atoms with E-state index in [1.165, 1.54) is 48.5 Å². The van der Waals surface area contributed by atoms with Gasteiger partial charge < -0.3 is 51.2 Å². The lowest BCUT2D eigenvalue weighted by atomic mass is 9.79. The number of hydrogen-bond donors (Lipinski definition) is 7. The molecule has 0 fully saturated rings. The van der Waals surface area contributed by atoms with Crippen molar-refractivity contribution in [1.29, 1.82) is 0 Å². The number of amides is 6. The van der Waals surface area contributed by atoms with E-state index in [1.807, 2.05) is 30.3 Å². The summed E-state index contributed by atoms with van der Waals surface area (Å²) in [6, 6.07) is 56.7. The van der Waals surface area contributed by atoms with Gasteiger partial charge >= 0.3 is 24.3 Å². The lowest BCUT2D eigenvalue weighted by Crippen LogP contribution is -2.57. The van der Waals surface area contributed by atoms with Crippen LogP contribution in [0.15, 0.2) is 224 Å². The first-order chi connectivity index (χ1) is 49.4. The molecule has 0 spiro atoms. The molecule has 0 heterocycles. The average molecular weight is 1410 g/mol. The molecule has 7 N–H and O–H groups in total. The molecule has 9 rings (SSSR count). The van der Waals surface area contributed by atoms with E-state index >= 15 is 0 Å². The molecule has 0 saturated heterocycles. The number of alkyl halides is 6. The molecule has 534 valence electrons. The number of phenolic OH excluding ortho intramolecular Hbond substituents is 1. The molecule has 9 aromatic rings. The van der Waals surface area contributed by atoms with Gasteiger partial charge in [0.15, 0.2) is 10.8 Å². The van der Waals surface area contributed by atoms with Crippen LogP contribution in [0.4, 0.5) is 37.7 Å². The standard InChI is InChI=1S/C43H40F3N3O6.C36H34F3N3O6/c1-3-47-40(52)42(41(53)48-4-2,32-15-9-6-10-16-32)28-55-38(50)26-30-19-24-36(37(25-30)54-27-29-13-7-5-8-14-29)49-39(51)35-18-12-11-17-34(35)31-20-22-33(23-21-31)43(44,45)46;1-3-40-33(46)35(34(47)41-4-2,25-10-6-5-7-11-25)22-48-31(44)21-23-14-19-29(30(43)20-23)42-32(45)28-13-9-8-12-27(28)24-15-17-26(18-16-24)36(37,38)39/h5-25H,3-4,26-28H2,1-2H3,(H,47,52)(H,48,53)(H,49,51);5-20,43H,3-4,21-22H2,1-2H3,(H,40,46)(H,41,47)(H,42,45). The Morgan fingerprint density at radius 1 is 0.379 bits per heavy atom. The second-order valence-electron chi connectivity index (χ2n) is 23.3. The maximum absolute atomic E-state index is 13.7. The predicted octanol–water partition coefficient (Wildman–Crippen LogP) is 13.1. The van der Waals surface area contributed by atoms with E-state index in [9.17, 15) is 69.8 Å². The fourth-order valence-corrected chi connectivity index (χ4v) is 11.0. The Hall–Kier alpha value is -12.1. The summed E-state index contributed by atoms with van der Waals surface area (Å²) in [4.78, 5) is 107. The molecule has 18 nitrogen and oxygen atoms in total.